The summed E-state index contributed by atoms with van der Waals surface area (Å²) in [5.41, 5.74) is 3.18. The second-order valence-electron chi connectivity index (χ2n) is 6.65. The van der Waals surface area contributed by atoms with Crippen LogP contribution in [0.25, 0.3) is 0 Å². The largest absolute Gasteiger partial charge is 0.488 e. The monoisotopic (exact) mass is 470 g/mol. The Labute approximate surface area is 183 Å². The summed E-state index contributed by atoms with van der Waals surface area (Å²) >= 11 is 1.44. The standard InChI is InChI=1S/C18H22N4O7S2/c1-28-18(24)20-15-3-2-8-22(16(15)17(23)21-25)31(26,27)14-6-4-12(5-7-14)29-10-13-9-19-11-30-13/h4-7,9,11,15-16,25H,2-3,8,10H2,1H3,(H,20,24)(H,21,23)/t15-,16+/m0/s1. The summed E-state index contributed by atoms with van der Waals surface area (Å²) in [6.45, 7) is 0.353. The Morgan fingerprint density at radius 2 is 2.06 bits per heavy atom. The van der Waals surface area contributed by atoms with Crippen LogP contribution in [0.5, 0.6) is 5.75 Å². The molecule has 1 aliphatic rings. The van der Waals surface area contributed by atoms with Gasteiger partial charge in [-0.3, -0.25) is 15.0 Å². The van der Waals surface area contributed by atoms with Crippen molar-refractivity contribution in [2.24, 2.45) is 0 Å². The van der Waals surface area contributed by atoms with Crippen LogP contribution >= 0.6 is 11.3 Å². The van der Waals surface area contributed by atoms with Gasteiger partial charge < -0.3 is 14.8 Å². The van der Waals surface area contributed by atoms with E-state index in [0.29, 0.717) is 25.2 Å². The molecule has 1 fully saturated rings. The number of alkyl carbamates (subject to hydrolysis) is 1. The van der Waals surface area contributed by atoms with E-state index in [9.17, 15) is 18.0 Å². The summed E-state index contributed by atoms with van der Waals surface area (Å²) in [5.74, 6) is -0.477. The van der Waals surface area contributed by atoms with Crippen molar-refractivity contribution in [3.8, 4) is 5.75 Å². The van der Waals surface area contributed by atoms with E-state index in [1.165, 1.54) is 41.1 Å². The van der Waals surface area contributed by atoms with Gasteiger partial charge in [0.25, 0.3) is 5.91 Å². The Kier molecular flexibility index (Phi) is 7.43. The number of amides is 2. The van der Waals surface area contributed by atoms with Gasteiger partial charge in [0.05, 0.1) is 28.4 Å². The number of hydrogen-bond acceptors (Lipinski definition) is 9. The summed E-state index contributed by atoms with van der Waals surface area (Å²) in [6.07, 6.45) is 1.62. The molecule has 168 valence electrons. The van der Waals surface area contributed by atoms with Crippen LogP contribution in [-0.2, 0) is 26.2 Å². The smallest absolute Gasteiger partial charge is 0.407 e. The van der Waals surface area contributed by atoms with Crippen LogP contribution in [0, 0.1) is 0 Å². The number of carbonyl (C=O) groups excluding carboxylic acids is 2. The maximum Gasteiger partial charge on any atom is 0.407 e. The normalized spacial score (nSPS) is 19.4. The molecule has 1 saturated heterocycles. The van der Waals surface area contributed by atoms with Crippen molar-refractivity contribution in [1.82, 2.24) is 20.1 Å². The van der Waals surface area contributed by atoms with E-state index in [-0.39, 0.29) is 11.4 Å². The van der Waals surface area contributed by atoms with Gasteiger partial charge in [-0.2, -0.15) is 4.31 Å². The molecule has 13 heteroatoms. The van der Waals surface area contributed by atoms with E-state index in [1.807, 2.05) is 0 Å². The van der Waals surface area contributed by atoms with Gasteiger partial charge in [-0.15, -0.1) is 11.3 Å². The average Bonchev–Trinajstić information content (AvgIpc) is 3.31. The lowest BCUT2D eigenvalue weighted by Gasteiger charge is -2.38. The number of benzene rings is 1. The van der Waals surface area contributed by atoms with E-state index in [4.69, 9.17) is 9.94 Å². The van der Waals surface area contributed by atoms with Crippen LogP contribution in [-0.4, -0.2) is 60.7 Å². The minimum absolute atomic E-state index is 0.0450. The third-order valence-electron chi connectivity index (χ3n) is 4.75. The minimum Gasteiger partial charge on any atom is -0.488 e. The van der Waals surface area contributed by atoms with Gasteiger partial charge in [-0.25, -0.2) is 18.7 Å². The zero-order chi connectivity index (χ0) is 22.4. The molecule has 2 heterocycles. The maximum absolute atomic E-state index is 13.2. The van der Waals surface area contributed by atoms with E-state index in [1.54, 1.807) is 11.7 Å². The molecule has 1 aromatic heterocycles. The van der Waals surface area contributed by atoms with Crippen molar-refractivity contribution in [1.29, 1.82) is 0 Å². The quantitative estimate of drug-likeness (QED) is 0.403. The Hall–Kier alpha value is -2.74. The van der Waals surface area contributed by atoms with Gasteiger partial charge in [0, 0.05) is 12.7 Å². The highest BCUT2D eigenvalue weighted by molar-refractivity contribution is 7.89. The van der Waals surface area contributed by atoms with E-state index < -0.39 is 34.1 Å². The number of ether oxygens (including phenoxy) is 2. The van der Waals surface area contributed by atoms with E-state index in [0.717, 1.165) is 16.3 Å². The molecule has 2 aromatic rings. The Morgan fingerprint density at radius 3 is 2.68 bits per heavy atom. The van der Waals surface area contributed by atoms with Crippen molar-refractivity contribution in [2.75, 3.05) is 13.7 Å². The molecule has 2 amide bonds. The molecule has 0 aliphatic carbocycles. The number of sulfonamides is 1. The van der Waals surface area contributed by atoms with E-state index >= 15 is 0 Å². The predicted molar refractivity (Wildman–Crippen MR) is 109 cm³/mol. The molecular formula is C18H22N4O7S2. The lowest BCUT2D eigenvalue weighted by Crippen LogP contribution is -2.62. The molecule has 31 heavy (non-hydrogen) atoms. The molecule has 3 rings (SSSR count). The minimum atomic E-state index is -4.11. The molecule has 1 aliphatic heterocycles. The summed E-state index contributed by atoms with van der Waals surface area (Å²) < 4.78 is 37.6. The number of nitrogens with zero attached hydrogens (tertiary/aromatic N) is 2. The topological polar surface area (TPSA) is 147 Å². The van der Waals surface area contributed by atoms with Crippen molar-refractivity contribution in [3.05, 3.63) is 40.8 Å². The fourth-order valence-electron chi connectivity index (χ4n) is 3.29. The molecule has 0 radical (unpaired) electrons. The lowest BCUT2D eigenvalue weighted by molar-refractivity contribution is -0.134. The van der Waals surface area contributed by atoms with Crippen LogP contribution in [0.2, 0.25) is 0 Å². The Bertz CT molecular complexity index is 996. The van der Waals surface area contributed by atoms with Gasteiger partial charge in [-0.1, -0.05) is 0 Å². The van der Waals surface area contributed by atoms with Crippen molar-refractivity contribution < 1.29 is 32.7 Å². The Balaban J connectivity index is 1.80. The van der Waals surface area contributed by atoms with Gasteiger partial charge in [0.15, 0.2) is 0 Å². The molecule has 0 bridgehead atoms. The maximum atomic E-state index is 13.2. The van der Waals surface area contributed by atoms with Gasteiger partial charge in [0.2, 0.25) is 10.0 Å². The van der Waals surface area contributed by atoms with Gasteiger partial charge in [-0.05, 0) is 37.1 Å². The van der Waals surface area contributed by atoms with Crippen LogP contribution in [0.3, 0.4) is 0 Å². The predicted octanol–water partition coefficient (Wildman–Crippen LogP) is 1.11. The van der Waals surface area contributed by atoms with Crippen molar-refractivity contribution in [2.45, 2.75) is 36.4 Å². The van der Waals surface area contributed by atoms with Crippen LogP contribution in [0.15, 0.2) is 40.9 Å². The number of carbonyl (C=O) groups is 2. The Morgan fingerprint density at radius 1 is 1.32 bits per heavy atom. The number of hydroxylamine groups is 1. The number of aromatic nitrogens is 1. The number of methoxy groups -OCH3 is 1. The molecule has 11 nitrogen and oxygen atoms in total. The molecule has 1 aromatic carbocycles. The average molecular weight is 471 g/mol. The fourth-order valence-corrected chi connectivity index (χ4v) is 5.45. The SMILES string of the molecule is COC(=O)N[C@H]1CCCN(S(=O)(=O)c2ccc(OCc3cncs3)cc2)[C@H]1C(=O)NO. The second-order valence-corrected chi connectivity index (χ2v) is 9.51. The molecule has 2 atom stereocenters. The number of hydrogen-bond donors (Lipinski definition) is 3. The highest BCUT2D eigenvalue weighted by Gasteiger charge is 2.44. The van der Waals surface area contributed by atoms with Crippen molar-refractivity contribution >= 4 is 33.4 Å². The van der Waals surface area contributed by atoms with Crippen LogP contribution in [0.1, 0.15) is 17.7 Å². The zero-order valence-electron chi connectivity index (χ0n) is 16.6. The van der Waals surface area contributed by atoms with Crippen LogP contribution < -0.4 is 15.5 Å². The fraction of sp³-hybridized carbons (Fsp3) is 0.389. The van der Waals surface area contributed by atoms with Crippen molar-refractivity contribution in [3.63, 3.8) is 0 Å². The van der Waals surface area contributed by atoms with Gasteiger partial charge >= 0.3 is 6.09 Å². The highest BCUT2D eigenvalue weighted by atomic mass is 32.2. The molecule has 3 N–H and O–H groups in total. The first-order valence-corrected chi connectivity index (χ1v) is 11.6. The first kappa shape index (κ1) is 22.9. The number of nitrogens with one attached hydrogen (secondary N) is 2. The molecule has 0 spiro atoms. The summed E-state index contributed by atoms with van der Waals surface area (Å²) in [5, 5.41) is 11.6. The zero-order valence-corrected chi connectivity index (χ0v) is 18.2. The summed E-state index contributed by atoms with van der Waals surface area (Å²) in [6, 6.07) is 3.58. The first-order valence-electron chi connectivity index (χ1n) is 9.27. The number of piperidine rings is 1. The number of thiazole rings is 1. The number of rotatable bonds is 7. The third-order valence-corrected chi connectivity index (χ3v) is 7.40. The third kappa shape index (κ3) is 5.31. The first-order chi connectivity index (χ1) is 14.9. The molecule has 0 saturated carbocycles. The summed E-state index contributed by atoms with van der Waals surface area (Å²) in [4.78, 5) is 28.8. The second kappa shape index (κ2) is 10.0. The van der Waals surface area contributed by atoms with Gasteiger partial charge in [0.1, 0.15) is 18.4 Å². The van der Waals surface area contributed by atoms with E-state index in [2.05, 4.69) is 15.0 Å². The highest BCUT2D eigenvalue weighted by Crippen LogP contribution is 2.27. The lowest BCUT2D eigenvalue weighted by atomic mass is 9.98. The molecule has 0 unspecified atom stereocenters. The van der Waals surface area contributed by atoms with Crippen LogP contribution in [0.4, 0.5) is 4.79 Å². The molecular weight excluding hydrogens is 448 g/mol. The summed E-state index contributed by atoms with van der Waals surface area (Å²) in [7, 11) is -2.95.